The summed E-state index contributed by atoms with van der Waals surface area (Å²) in [5.41, 5.74) is 2.47. The first-order chi connectivity index (χ1) is 19.9. The van der Waals surface area contributed by atoms with E-state index in [-0.39, 0.29) is 35.5 Å². The summed E-state index contributed by atoms with van der Waals surface area (Å²) in [4.78, 5) is 48.8. The molecule has 2 unspecified atom stereocenters. The Bertz CT molecular complexity index is 1440. The quantitative estimate of drug-likeness (QED) is 0.491. The van der Waals surface area contributed by atoms with Crippen LogP contribution < -0.4 is 5.56 Å². The molecule has 2 atom stereocenters. The third kappa shape index (κ3) is 5.45. The van der Waals surface area contributed by atoms with Gasteiger partial charge in [-0.05, 0) is 36.2 Å². The summed E-state index contributed by atoms with van der Waals surface area (Å²) in [6, 6.07) is 20.7. The van der Waals surface area contributed by atoms with Crippen molar-refractivity contribution in [3.05, 3.63) is 89.0 Å². The third-order valence-electron chi connectivity index (χ3n) is 9.44. The van der Waals surface area contributed by atoms with Crippen LogP contribution in [0.25, 0.3) is 11.3 Å². The topological polar surface area (TPSA) is 99.0 Å². The fourth-order valence-electron chi connectivity index (χ4n) is 7.19. The number of piperidine rings is 1. The van der Waals surface area contributed by atoms with E-state index in [9.17, 15) is 19.5 Å². The maximum absolute atomic E-state index is 14.1. The number of benzene rings is 2. The van der Waals surface area contributed by atoms with E-state index in [1.165, 1.54) is 4.90 Å². The molecule has 9 heteroatoms. The maximum atomic E-state index is 14.1. The van der Waals surface area contributed by atoms with Crippen LogP contribution in [0.1, 0.15) is 43.7 Å². The monoisotopic (exact) mass is 555 g/mol. The summed E-state index contributed by atoms with van der Waals surface area (Å²) in [5.74, 6) is 0.282. The van der Waals surface area contributed by atoms with Gasteiger partial charge in [-0.3, -0.25) is 9.36 Å². The minimum atomic E-state index is -0.953. The van der Waals surface area contributed by atoms with Crippen molar-refractivity contribution in [3.63, 3.8) is 0 Å². The van der Waals surface area contributed by atoms with Gasteiger partial charge in [-0.1, -0.05) is 73.5 Å². The molecule has 2 aliphatic heterocycles. The molecule has 1 saturated carbocycles. The first-order valence-electron chi connectivity index (χ1n) is 14.6. The Balaban J connectivity index is 1.20. The summed E-state index contributed by atoms with van der Waals surface area (Å²) in [7, 11) is 0. The lowest BCUT2D eigenvalue weighted by Crippen LogP contribution is -2.59. The molecule has 3 aliphatic rings. The molecule has 214 valence electrons. The number of hydrogen-bond acceptors (Lipinski definition) is 4. The van der Waals surface area contributed by atoms with Crippen LogP contribution in [0.15, 0.2) is 77.9 Å². The third-order valence-corrected chi connectivity index (χ3v) is 9.44. The van der Waals surface area contributed by atoms with Gasteiger partial charge in [0.25, 0.3) is 5.56 Å². The number of nitrogens with zero attached hydrogens (tertiary/aromatic N) is 5. The van der Waals surface area contributed by atoms with E-state index in [0.29, 0.717) is 38.4 Å². The van der Waals surface area contributed by atoms with Crippen molar-refractivity contribution in [1.29, 1.82) is 0 Å². The van der Waals surface area contributed by atoms with Gasteiger partial charge in [0, 0.05) is 50.9 Å². The Morgan fingerprint density at radius 3 is 2.32 bits per heavy atom. The molecule has 1 aromatic heterocycles. The zero-order chi connectivity index (χ0) is 28.4. The molecule has 3 amide bonds. The van der Waals surface area contributed by atoms with Gasteiger partial charge in [0.15, 0.2) is 0 Å². The average molecular weight is 556 g/mol. The molecule has 2 aromatic carbocycles. The summed E-state index contributed by atoms with van der Waals surface area (Å²) in [5, 5.41) is 9.64. The van der Waals surface area contributed by atoms with Gasteiger partial charge in [-0.15, -0.1) is 0 Å². The Kier molecular flexibility index (Phi) is 7.51. The van der Waals surface area contributed by atoms with Crippen molar-refractivity contribution >= 4 is 12.1 Å². The lowest BCUT2D eigenvalue weighted by molar-refractivity contribution is 0.0160. The minimum Gasteiger partial charge on any atom is -0.465 e. The molecule has 0 bridgehead atoms. The van der Waals surface area contributed by atoms with Crippen LogP contribution in [-0.4, -0.2) is 74.2 Å². The fourth-order valence-corrected chi connectivity index (χ4v) is 7.19. The van der Waals surface area contributed by atoms with Gasteiger partial charge in [0.1, 0.15) is 0 Å². The van der Waals surface area contributed by atoms with Crippen LogP contribution in [0.3, 0.4) is 0 Å². The van der Waals surface area contributed by atoms with Crippen LogP contribution in [0, 0.1) is 11.3 Å². The van der Waals surface area contributed by atoms with Gasteiger partial charge >= 0.3 is 12.1 Å². The highest BCUT2D eigenvalue weighted by Crippen LogP contribution is 2.49. The lowest BCUT2D eigenvalue weighted by atomic mass is 9.69. The molecular weight excluding hydrogens is 518 g/mol. The molecule has 9 nitrogen and oxygen atoms in total. The first kappa shape index (κ1) is 27.1. The van der Waals surface area contributed by atoms with Crippen LogP contribution in [0.2, 0.25) is 0 Å². The van der Waals surface area contributed by atoms with E-state index in [4.69, 9.17) is 0 Å². The van der Waals surface area contributed by atoms with E-state index in [2.05, 4.69) is 4.98 Å². The standard InChI is InChI=1S/C32H37N5O4/c38-29-19-27(24-9-3-1-4-10-24)33-23-36(29)20-26-13-16-35(22-32(26)14-7-8-15-32)30(39)37-18-17-34(31(40)41)21-28(37)25-11-5-2-6-12-25/h1-6,9-12,19,23,26,28H,7-8,13-18,20-22H2,(H,40,41). The number of amides is 3. The molecule has 3 aromatic rings. The van der Waals surface area contributed by atoms with Crippen molar-refractivity contribution in [2.45, 2.75) is 44.7 Å². The number of carbonyl (C=O) groups excluding carboxylic acids is 1. The Morgan fingerprint density at radius 2 is 1.63 bits per heavy atom. The van der Waals surface area contributed by atoms with E-state index in [0.717, 1.165) is 43.2 Å². The number of hydrogen-bond donors (Lipinski definition) is 1. The summed E-state index contributed by atoms with van der Waals surface area (Å²) in [6.45, 7) is 2.83. The van der Waals surface area contributed by atoms with Crippen molar-refractivity contribution in [2.75, 3.05) is 32.7 Å². The molecule has 1 aliphatic carbocycles. The second kappa shape index (κ2) is 11.4. The van der Waals surface area contributed by atoms with Crippen LogP contribution in [0.5, 0.6) is 0 Å². The fraction of sp³-hybridized carbons (Fsp3) is 0.438. The number of carbonyl (C=O) groups is 2. The van der Waals surface area contributed by atoms with Crippen molar-refractivity contribution in [3.8, 4) is 11.3 Å². The Morgan fingerprint density at radius 1 is 0.927 bits per heavy atom. The van der Waals surface area contributed by atoms with Gasteiger partial charge in [0.2, 0.25) is 0 Å². The van der Waals surface area contributed by atoms with Crippen molar-refractivity contribution in [2.24, 2.45) is 11.3 Å². The van der Waals surface area contributed by atoms with E-state index < -0.39 is 6.09 Å². The summed E-state index contributed by atoms with van der Waals surface area (Å²) < 4.78 is 1.74. The molecule has 3 heterocycles. The molecule has 41 heavy (non-hydrogen) atoms. The van der Waals surface area contributed by atoms with Crippen molar-refractivity contribution < 1.29 is 14.7 Å². The summed E-state index contributed by atoms with van der Waals surface area (Å²) >= 11 is 0. The first-order valence-corrected chi connectivity index (χ1v) is 14.6. The maximum Gasteiger partial charge on any atom is 0.407 e. The zero-order valence-electron chi connectivity index (χ0n) is 23.3. The molecule has 0 radical (unpaired) electrons. The SMILES string of the molecule is O=C(O)N1CCN(C(=O)N2CCC(Cn3cnc(-c4ccccc4)cc3=O)C3(CCCC3)C2)C(c2ccccc2)C1. The van der Waals surface area contributed by atoms with Crippen LogP contribution >= 0.6 is 0 Å². The van der Waals surface area contributed by atoms with Gasteiger partial charge in [0.05, 0.1) is 18.1 Å². The molecule has 1 spiro atoms. The predicted octanol–water partition coefficient (Wildman–Crippen LogP) is 4.95. The molecule has 3 fully saturated rings. The minimum absolute atomic E-state index is 0.0142. The second-order valence-corrected chi connectivity index (χ2v) is 11.7. The number of rotatable bonds is 4. The van der Waals surface area contributed by atoms with E-state index in [1.807, 2.05) is 70.5 Å². The number of urea groups is 1. The smallest absolute Gasteiger partial charge is 0.407 e. The average Bonchev–Trinajstić information content (AvgIpc) is 3.48. The van der Waals surface area contributed by atoms with E-state index in [1.54, 1.807) is 17.0 Å². The molecule has 2 saturated heterocycles. The van der Waals surface area contributed by atoms with Gasteiger partial charge in [-0.2, -0.15) is 0 Å². The normalized spacial score (nSPS) is 22.2. The van der Waals surface area contributed by atoms with E-state index >= 15 is 0 Å². The highest BCUT2D eigenvalue weighted by molar-refractivity contribution is 5.76. The molecule has 1 N–H and O–H groups in total. The second-order valence-electron chi connectivity index (χ2n) is 11.7. The highest BCUT2D eigenvalue weighted by atomic mass is 16.4. The number of piperazine rings is 1. The number of likely N-dealkylation sites (tertiary alicyclic amines) is 1. The number of carboxylic acid groups (broad SMARTS) is 1. The molecule has 6 rings (SSSR count). The summed E-state index contributed by atoms with van der Waals surface area (Å²) in [6.07, 6.45) is 5.89. The Hall–Kier alpha value is -4.14. The molecular formula is C32H37N5O4. The van der Waals surface area contributed by atoms with Crippen LogP contribution in [-0.2, 0) is 6.54 Å². The van der Waals surface area contributed by atoms with Gasteiger partial charge in [-0.25, -0.2) is 14.6 Å². The highest BCUT2D eigenvalue weighted by Gasteiger charge is 2.47. The largest absolute Gasteiger partial charge is 0.465 e. The van der Waals surface area contributed by atoms with Crippen molar-refractivity contribution in [1.82, 2.24) is 24.3 Å². The van der Waals surface area contributed by atoms with Gasteiger partial charge < -0.3 is 19.8 Å². The Labute approximate surface area is 240 Å². The predicted molar refractivity (Wildman–Crippen MR) is 155 cm³/mol. The zero-order valence-corrected chi connectivity index (χ0v) is 23.3. The van der Waals surface area contributed by atoms with Crippen LogP contribution in [0.4, 0.5) is 9.59 Å². The lowest BCUT2D eigenvalue weighted by Gasteiger charge is -2.49. The number of aromatic nitrogens is 2.